The van der Waals surface area contributed by atoms with E-state index in [4.69, 9.17) is 0 Å². The first-order valence-electron chi connectivity index (χ1n) is 7.60. The summed E-state index contributed by atoms with van der Waals surface area (Å²) in [7, 11) is 0. The lowest BCUT2D eigenvalue weighted by Gasteiger charge is -2.50. The molecule has 1 atom stereocenters. The van der Waals surface area contributed by atoms with E-state index in [0.717, 1.165) is 18.4 Å². The van der Waals surface area contributed by atoms with E-state index in [-0.39, 0.29) is 17.9 Å². The zero-order valence-corrected chi connectivity index (χ0v) is 12.8. The van der Waals surface area contributed by atoms with Gasteiger partial charge in [0.15, 0.2) is 0 Å². The van der Waals surface area contributed by atoms with E-state index in [0.29, 0.717) is 5.92 Å². The Labute approximate surface area is 125 Å². The van der Waals surface area contributed by atoms with Crippen molar-refractivity contribution in [2.45, 2.75) is 51.2 Å². The lowest BCUT2D eigenvalue weighted by atomic mass is 9.78. The van der Waals surface area contributed by atoms with Crippen molar-refractivity contribution in [2.24, 2.45) is 5.92 Å². The van der Waals surface area contributed by atoms with E-state index in [1.54, 1.807) is 13.8 Å². The normalized spacial score (nSPS) is 31.6. The summed E-state index contributed by atoms with van der Waals surface area (Å²) < 4.78 is 0. The summed E-state index contributed by atoms with van der Waals surface area (Å²) in [5.41, 5.74) is 0.0691. The van der Waals surface area contributed by atoms with Crippen LogP contribution in [0.25, 0.3) is 0 Å². The minimum Gasteiger partial charge on any atom is -0.340 e. The van der Waals surface area contributed by atoms with Crippen LogP contribution in [0.5, 0.6) is 0 Å². The average Bonchev–Trinajstić information content (AvgIpc) is 2.40. The lowest BCUT2D eigenvalue weighted by molar-refractivity contribution is -0.160. The van der Waals surface area contributed by atoms with Crippen LogP contribution in [0.2, 0.25) is 0 Å². The van der Waals surface area contributed by atoms with Crippen LogP contribution in [0, 0.1) is 5.92 Å². The maximum absolute atomic E-state index is 12.8. The van der Waals surface area contributed by atoms with Gasteiger partial charge < -0.3 is 10.2 Å². The molecule has 112 valence electrons. The smallest absolute Gasteiger partial charge is 0.248 e. The van der Waals surface area contributed by atoms with Crippen LogP contribution in [0.3, 0.4) is 0 Å². The summed E-state index contributed by atoms with van der Waals surface area (Å²) in [4.78, 5) is 27.2. The van der Waals surface area contributed by atoms with Gasteiger partial charge in [0.25, 0.3) is 0 Å². The van der Waals surface area contributed by atoms with Gasteiger partial charge >= 0.3 is 0 Å². The molecule has 0 spiro atoms. The number of hydrogen-bond donors (Lipinski definition) is 1. The highest BCUT2D eigenvalue weighted by atomic mass is 16.2. The maximum Gasteiger partial charge on any atom is 0.248 e. The number of carbonyl (C=O) groups excluding carboxylic acids is 2. The maximum atomic E-state index is 12.8. The molecule has 1 aromatic rings. The van der Waals surface area contributed by atoms with E-state index in [1.807, 2.05) is 35.2 Å². The molecule has 2 fully saturated rings. The fourth-order valence-corrected chi connectivity index (χ4v) is 3.41. The second kappa shape index (κ2) is 4.86. The summed E-state index contributed by atoms with van der Waals surface area (Å²) in [6.45, 7) is 5.75. The summed E-state index contributed by atoms with van der Waals surface area (Å²) in [6.07, 6.45) is 1.97. The SMILES string of the molecule is CC1CC(N2C(=O)C(C)(C)NC(=O)C2c2ccccc2)C1. The first kappa shape index (κ1) is 14.1. The van der Waals surface area contributed by atoms with Crippen LogP contribution in [0.4, 0.5) is 0 Å². The number of carbonyl (C=O) groups is 2. The fourth-order valence-electron chi connectivity index (χ4n) is 3.41. The van der Waals surface area contributed by atoms with Gasteiger partial charge in [-0.15, -0.1) is 0 Å². The highest BCUT2D eigenvalue weighted by molar-refractivity contribution is 6.00. The van der Waals surface area contributed by atoms with Crippen LogP contribution in [-0.2, 0) is 9.59 Å². The predicted octanol–water partition coefficient (Wildman–Crippen LogP) is 2.26. The van der Waals surface area contributed by atoms with Crippen LogP contribution in [-0.4, -0.2) is 28.3 Å². The molecular formula is C17H22N2O2. The molecule has 1 aliphatic heterocycles. The van der Waals surface area contributed by atoms with Gasteiger partial charge in [-0.2, -0.15) is 0 Å². The van der Waals surface area contributed by atoms with Crippen LogP contribution in [0.15, 0.2) is 30.3 Å². The number of nitrogens with one attached hydrogen (secondary N) is 1. The van der Waals surface area contributed by atoms with Gasteiger partial charge in [-0.1, -0.05) is 37.3 Å². The largest absolute Gasteiger partial charge is 0.340 e. The molecule has 0 radical (unpaired) electrons. The van der Waals surface area contributed by atoms with Crippen molar-refractivity contribution < 1.29 is 9.59 Å². The van der Waals surface area contributed by atoms with Gasteiger partial charge in [0.1, 0.15) is 11.6 Å². The van der Waals surface area contributed by atoms with E-state index in [9.17, 15) is 9.59 Å². The molecule has 2 aliphatic rings. The third kappa shape index (κ3) is 2.33. The lowest BCUT2D eigenvalue weighted by Crippen LogP contribution is -2.68. The Kier molecular flexibility index (Phi) is 3.27. The third-order valence-corrected chi connectivity index (χ3v) is 4.59. The molecule has 0 aromatic heterocycles. The Balaban J connectivity index is 1.99. The Morgan fingerprint density at radius 3 is 2.33 bits per heavy atom. The summed E-state index contributed by atoms with van der Waals surface area (Å²) in [5.74, 6) is 0.575. The molecular weight excluding hydrogens is 264 g/mol. The number of rotatable bonds is 2. The summed E-state index contributed by atoms with van der Waals surface area (Å²) in [6, 6.07) is 9.28. The molecule has 4 nitrogen and oxygen atoms in total. The zero-order valence-electron chi connectivity index (χ0n) is 12.8. The van der Waals surface area contributed by atoms with Crippen LogP contribution < -0.4 is 5.32 Å². The number of benzene rings is 1. The van der Waals surface area contributed by atoms with Crippen LogP contribution >= 0.6 is 0 Å². The Morgan fingerprint density at radius 2 is 1.76 bits per heavy atom. The third-order valence-electron chi connectivity index (χ3n) is 4.59. The van der Waals surface area contributed by atoms with Crippen molar-refractivity contribution in [3.63, 3.8) is 0 Å². The summed E-state index contributed by atoms with van der Waals surface area (Å²) in [5, 5.41) is 2.87. The number of nitrogens with zero attached hydrogens (tertiary/aromatic N) is 1. The van der Waals surface area contributed by atoms with Gasteiger partial charge in [0.2, 0.25) is 11.8 Å². The minimum absolute atomic E-state index is 0.0212. The molecule has 1 saturated carbocycles. The first-order valence-corrected chi connectivity index (χ1v) is 7.60. The van der Waals surface area contributed by atoms with Crippen molar-refractivity contribution in [1.82, 2.24) is 10.2 Å². The molecule has 1 unspecified atom stereocenters. The minimum atomic E-state index is -0.818. The monoisotopic (exact) mass is 286 g/mol. The average molecular weight is 286 g/mol. The second-order valence-electron chi connectivity index (χ2n) is 6.87. The zero-order chi connectivity index (χ0) is 15.2. The van der Waals surface area contributed by atoms with E-state index in [1.165, 1.54) is 0 Å². The predicted molar refractivity (Wildman–Crippen MR) is 80.4 cm³/mol. The van der Waals surface area contributed by atoms with Crippen molar-refractivity contribution in [3.05, 3.63) is 35.9 Å². The number of hydrogen-bond acceptors (Lipinski definition) is 2. The van der Waals surface area contributed by atoms with Crippen molar-refractivity contribution in [1.29, 1.82) is 0 Å². The first-order chi connectivity index (χ1) is 9.90. The molecule has 0 bridgehead atoms. The highest BCUT2D eigenvalue weighted by Crippen LogP contribution is 2.39. The summed E-state index contributed by atoms with van der Waals surface area (Å²) >= 11 is 0. The fraction of sp³-hybridized carbons (Fsp3) is 0.529. The molecule has 1 N–H and O–H groups in total. The van der Waals surface area contributed by atoms with Crippen molar-refractivity contribution in [3.8, 4) is 0 Å². The molecule has 2 amide bonds. The standard InChI is InChI=1S/C17H22N2O2/c1-11-9-13(10-11)19-14(12-7-5-4-6-8-12)15(20)18-17(2,3)16(19)21/h4-8,11,13-14H,9-10H2,1-3H3,(H,18,20). The van der Waals surface area contributed by atoms with Gasteiger partial charge in [-0.05, 0) is 38.2 Å². The van der Waals surface area contributed by atoms with Gasteiger partial charge in [-0.3, -0.25) is 9.59 Å². The second-order valence-corrected chi connectivity index (χ2v) is 6.87. The van der Waals surface area contributed by atoms with E-state index in [2.05, 4.69) is 12.2 Å². The van der Waals surface area contributed by atoms with Gasteiger partial charge in [0.05, 0.1) is 0 Å². The molecule has 1 heterocycles. The quantitative estimate of drug-likeness (QED) is 0.906. The molecule has 4 heteroatoms. The molecule has 21 heavy (non-hydrogen) atoms. The van der Waals surface area contributed by atoms with E-state index < -0.39 is 11.6 Å². The Bertz CT molecular complexity index is 561. The molecule has 3 rings (SSSR count). The van der Waals surface area contributed by atoms with Gasteiger partial charge in [-0.25, -0.2) is 0 Å². The molecule has 1 aromatic carbocycles. The number of piperazine rings is 1. The van der Waals surface area contributed by atoms with Crippen LogP contribution in [0.1, 0.15) is 45.2 Å². The Morgan fingerprint density at radius 1 is 1.14 bits per heavy atom. The Hall–Kier alpha value is -1.84. The number of amides is 2. The topological polar surface area (TPSA) is 49.4 Å². The highest BCUT2D eigenvalue weighted by Gasteiger charge is 2.50. The van der Waals surface area contributed by atoms with Crippen molar-refractivity contribution in [2.75, 3.05) is 0 Å². The van der Waals surface area contributed by atoms with E-state index >= 15 is 0 Å². The van der Waals surface area contributed by atoms with Gasteiger partial charge in [0, 0.05) is 6.04 Å². The molecule has 1 aliphatic carbocycles. The molecule has 1 saturated heterocycles. The van der Waals surface area contributed by atoms with Crippen molar-refractivity contribution >= 4 is 11.8 Å².